The van der Waals surface area contributed by atoms with E-state index in [1.54, 1.807) is 0 Å². The van der Waals surface area contributed by atoms with Gasteiger partial charge in [0.1, 0.15) is 0 Å². The fraction of sp³-hybridized carbons (Fsp3) is 0.529. The summed E-state index contributed by atoms with van der Waals surface area (Å²) in [6, 6.07) is 8.24. The minimum atomic E-state index is -0.497. The fourth-order valence-corrected chi connectivity index (χ4v) is 4.32. The molecule has 0 aliphatic carbocycles. The summed E-state index contributed by atoms with van der Waals surface area (Å²) in [6.07, 6.45) is 2.61. The van der Waals surface area contributed by atoms with Crippen LogP contribution in [0.5, 0.6) is 0 Å². The molecule has 25 heavy (non-hydrogen) atoms. The van der Waals surface area contributed by atoms with Gasteiger partial charge in [0.05, 0.1) is 11.5 Å². The average Bonchev–Trinajstić information content (AvgIpc) is 3.36. The number of fused-ring (bicyclic) bond motifs is 2. The molecule has 1 amide bonds. The minimum Gasteiger partial charge on any atom is -0.381 e. The first-order chi connectivity index (χ1) is 12.3. The van der Waals surface area contributed by atoms with E-state index < -0.39 is 5.41 Å². The minimum absolute atomic E-state index is 0.0845. The molecule has 4 heterocycles. The maximum atomic E-state index is 12.7. The number of carbonyl (C=O) groups excluding carboxylic acids is 1. The molecule has 0 radical (unpaired) electrons. The second kappa shape index (κ2) is 5.52. The zero-order valence-electron chi connectivity index (χ0n) is 13.9. The van der Waals surface area contributed by atoms with Crippen molar-refractivity contribution in [2.75, 3.05) is 36.5 Å². The van der Waals surface area contributed by atoms with Gasteiger partial charge in [-0.1, -0.05) is 23.3 Å². The molecule has 0 saturated carbocycles. The van der Waals surface area contributed by atoms with E-state index in [1.165, 1.54) is 0 Å². The highest BCUT2D eigenvalue weighted by Crippen LogP contribution is 2.45. The lowest BCUT2D eigenvalue weighted by Gasteiger charge is -2.26. The van der Waals surface area contributed by atoms with Crippen LogP contribution in [0.2, 0.25) is 0 Å². The number of amides is 1. The van der Waals surface area contributed by atoms with E-state index in [-0.39, 0.29) is 11.9 Å². The van der Waals surface area contributed by atoms with E-state index in [1.807, 2.05) is 22.9 Å². The topological polar surface area (TPSA) is 85.2 Å². The highest BCUT2D eigenvalue weighted by Gasteiger charge is 2.51. The van der Waals surface area contributed by atoms with Crippen molar-refractivity contribution in [3.63, 3.8) is 0 Å². The number of rotatable bonds is 2. The lowest BCUT2D eigenvalue weighted by molar-refractivity contribution is -0.120. The first-order valence-corrected chi connectivity index (χ1v) is 8.79. The highest BCUT2D eigenvalue weighted by atomic mass is 16.5. The number of benzene rings is 1. The van der Waals surface area contributed by atoms with Gasteiger partial charge < -0.3 is 15.0 Å². The Kier molecular flexibility index (Phi) is 3.27. The summed E-state index contributed by atoms with van der Waals surface area (Å²) in [6.45, 7) is 2.86. The third-order valence-corrected chi connectivity index (χ3v) is 5.69. The van der Waals surface area contributed by atoms with E-state index in [0.717, 1.165) is 56.2 Å². The normalized spacial score (nSPS) is 26.2. The number of nitrogens with zero attached hydrogens (tertiary/aromatic N) is 5. The molecule has 3 aliphatic rings. The molecule has 5 rings (SSSR count). The summed E-state index contributed by atoms with van der Waals surface area (Å²) < 4.78 is 7.36. The van der Waals surface area contributed by atoms with E-state index in [0.29, 0.717) is 6.54 Å². The molecule has 8 nitrogen and oxygen atoms in total. The number of carbonyl (C=O) groups is 1. The molecule has 1 aromatic carbocycles. The molecule has 3 aliphatic heterocycles. The summed E-state index contributed by atoms with van der Waals surface area (Å²) in [5.41, 5.74) is 1.52. The van der Waals surface area contributed by atoms with Crippen molar-refractivity contribution in [2.45, 2.75) is 30.7 Å². The van der Waals surface area contributed by atoms with E-state index in [9.17, 15) is 4.79 Å². The Hall–Kier alpha value is -2.48. The van der Waals surface area contributed by atoms with Crippen LogP contribution in [0.15, 0.2) is 24.3 Å². The Balaban J connectivity index is 1.46. The predicted octanol–water partition coefficient (Wildman–Crippen LogP) is 1.12. The predicted molar refractivity (Wildman–Crippen MR) is 90.5 cm³/mol. The molecule has 1 aromatic heterocycles. The van der Waals surface area contributed by atoms with Gasteiger partial charge in [-0.15, -0.1) is 0 Å². The zero-order chi connectivity index (χ0) is 16.9. The lowest BCUT2D eigenvalue weighted by atomic mass is 9.81. The number of para-hydroxylation sites is 1. The SMILES string of the molecule is O=C1Nc2ccccc2C12CCN(c1nnnn1C1CCOCC1)C2. The molecule has 1 spiro atoms. The largest absolute Gasteiger partial charge is 0.381 e. The van der Waals surface area contributed by atoms with E-state index in [2.05, 4.69) is 31.8 Å². The van der Waals surface area contributed by atoms with Crippen LogP contribution in [0.4, 0.5) is 11.6 Å². The van der Waals surface area contributed by atoms with Gasteiger partial charge in [0.25, 0.3) is 0 Å². The number of ether oxygens (including phenoxy) is 1. The van der Waals surface area contributed by atoms with Gasteiger partial charge in [-0.3, -0.25) is 4.79 Å². The van der Waals surface area contributed by atoms with Gasteiger partial charge in [0.2, 0.25) is 11.9 Å². The lowest BCUT2D eigenvalue weighted by Crippen LogP contribution is -2.38. The molecule has 2 saturated heterocycles. The van der Waals surface area contributed by atoms with Crippen LogP contribution in [-0.2, 0) is 14.9 Å². The Morgan fingerprint density at radius 2 is 2.08 bits per heavy atom. The quantitative estimate of drug-likeness (QED) is 0.882. The molecule has 2 fully saturated rings. The first-order valence-electron chi connectivity index (χ1n) is 8.79. The summed E-state index contributed by atoms with van der Waals surface area (Å²) >= 11 is 0. The second-order valence-corrected chi connectivity index (χ2v) is 7.02. The van der Waals surface area contributed by atoms with Gasteiger partial charge in [-0.05, 0) is 41.3 Å². The molecule has 0 bridgehead atoms. The maximum absolute atomic E-state index is 12.7. The van der Waals surface area contributed by atoms with Crippen LogP contribution >= 0.6 is 0 Å². The number of nitrogens with one attached hydrogen (secondary N) is 1. The molecule has 1 N–H and O–H groups in total. The number of anilines is 2. The van der Waals surface area contributed by atoms with Crippen molar-refractivity contribution in [3.8, 4) is 0 Å². The van der Waals surface area contributed by atoms with Crippen molar-refractivity contribution < 1.29 is 9.53 Å². The van der Waals surface area contributed by atoms with E-state index >= 15 is 0 Å². The van der Waals surface area contributed by atoms with Crippen LogP contribution in [0.1, 0.15) is 30.9 Å². The third-order valence-electron chi connectivity index (χ3n) is 5.69. The van der Waals surface area contributed by atoms with Gasteiger partial charge in [-0.25, -0.2) is 4.68 Å². The van der Waals surface area contributed by atoms with Gasteiger partial charge in [0, 0.05) is 32.0 Å². The smallest absolute Gasteiger partial charge is 0.245 e. The molecule has 2 aromatic rings. The molecule has 1 atom stereocenters. The number of tetrazole rings is 1. The standard InChI is InChI=1S/C17H20N6O2/c24-15-17(13-3-1-2-4-14(13)18-15)7-8-22(11-17)16-19-20-21-23(16)12-5-9-25-10-6-12/h1-4,12H,5-11H2,(H,18,24). The Morgan fingerprint density at radius 1 is 1.24 bits per heavy atom. The Morgan fingerprint density at radius 3 is 2.96 bits per heavy atom. The second-order valence-electron chi connectivity index (χ2n) is 7.02. The van der Waals surface area contributed by atoms with Gasteiger partial charge in [0.15, 0.2) is 0 Å². The van der Waals surface area contributed by atoms with Crippen LogP contribution in [0.3, 0.4) is 0 Å². The fourth-order valence-electron chi connectivity index (χ4n) is 4.32. The Bertz CT molecular complexity index is 815. The first kappa shape index (κ1) is 14.8. The van der Waals surface area contributed by atoms with Crippen LogP contribution in [0, 0.1) is 0 Å². The molecule has 1 unspecified atom stereocenters. The molecule has 130 valence electrons. The zero-order valence-corrected chi connectivity index (χ0v) is 13.9. The van der Waals surface area contributed by atoms with Crippen LogP contribution in [0.25, 0.3) is 0 Å². The number of hydrogen-bond donors (Lipinski definition) is 1. The average molecular weight is 340 g/mol. The Labute approximate surface area is 145 Å². The molecular weight excluding hydrogens is 320 g/mol. The van der Waals surface area contributed by atoms with Gasteiger partial charge >= 0.3 is 0 Å². The van der Waals surface area contributed by atoms with Crippen molar-refractivity contribution in [1.29, 1.82) is 0 Å². The summed E-state index contributed by atoms with van der Waals surface area (Å²) in [4.78, 5) is 14.9. The van der Waals surface area contributed by atoms with Crippen LogP contribution in [-0.4, -0.2) is 52.4 Å². The van der Waals surface area contributed by atoms with Gasteiger partial charge in [-0.2, -0.15) is 0 Å². The van der Waals surface area contributed by atoms with Crippen molar-refractivity contribution >= 4 is 17.5 Å². The summed E-state index contributed by atoms with van der Waals surface area (Å²) in [5, 5.41) is 15.4. The van der Waals surface area contributed by atoms with Crippen molar-refractivity contribution in [3.05, 3.63) is 29.8 Å². The molecule has 8 heteroatoms. The summed E-state index contributed by atoms with van der Waals surface area (Å²) in [5.74, 6) is 0.849. The van der Waals surface area contributed by atoms with Crippen LogP contribution < -0.4 is 10.2 Å². The monoisotopic (exact) mass is 340 g/mol. The van der Waals surface area contributed by atoms with Crippen molar-refractivity contribution in [1.82, 2.24) is 20.2 Å². The van der Waals surface area contributed by atoms with Crippen molar-refractivity contribution in [2.24, 2.45) is 0 Å². The highest BCUT2D eigenvalue weighted by molar-refractivity contribution is 6.07. The number of hydrogen-bond acceptors (Lipinski definition) is 6. The van der Waals surface area contributed by atoms with E-state index in [4.69, 9.17) is 4.74 Å². The molecular formula is C17H20N6O2. The third kappa shape index (κ3) is 2.17. The maximum Gasteiger partial charge on any atom is 0.245 e. The summed E-state index contributed by atoms with van der Waals surface area (Å²) in [7, 11) is 0. The number of aromatic nitrogens is 4.